The van der Waals surface area contributed by atoms with Crippen LogP contribution in [-0.4, -0.2) is 24.1 Å². The Balaban J connectivity index is 2.81. The molecular formula is C8H10N4. The van der Waals surface area contributed by atoms with Gasteiger partial charge in [0.2, 0.25) is 0 Å². The van der Waals surface area contributed by atoms with Gasteiger partial charge in [-0.3, -0.25) is 0 Å². The van der Waals surface area contributed by atoms with Crippen molar-refractivity contribution < 1.29 is 0 Å². The maximum atomic E-state index is 8.54. The maximum absolute atomic E-state index is 8.54. The van der Waals surface area contributed by atoms with Gasteiger partial charge in [0.15, 0.2) is 0 Å². The summed E-state index contributed by atoms with van der Waals surface area (Å²) >= 11 is 0. The van der Waals surface area contributed by atoms with Gasteiger partial charge in [0, 0.05) is 14.1 Å². The zero-order valence-corrected chi connectivity index (χ0v) is 7.07. The normalized spacial score (nSPS) is 9.50. The third-order valence-electron chi connectivity index (χ3n) is 1.20. The summed E-state index contributed by atoms with van der Waals surface area (Å²) in [6.45, 7) is 0. The summed E-state index contributed by atoms with van der Waals surface area (Å²) in [6.07, 6.45) is 0. The molecule has 0 fully saturated rings. The molecule has 0 radical (unpaired) electrons. The minimum Gasteiger partial charge on any atom is -0.304 e. The Morgan fingerprint density at radius 3 is 2.83 bits per heavy atom. The van der Waals surface area contributed by atoms with Crippen molar-refractivity contribution >= 4 is 5.82 Å². The van der Waals surface area contributed by atoms with Crippen LogP contribution in [0.3, 0.4) is 0 Å². The van der Waals surface area contributed by atoms with Crippen LogP contribution in [0.5, 0.6) is 0 Å². The van der Waals surface area contributed by atoms with Gasteiger partial charge >= 0.3 is 0 Å². The summed E-state index contributed by atoms with van der Waals surface area (Å²) in [7, 11) is 3.72. The Bertz CT molecular complexity index is 300. The number of aromatic nitrogens is 1. The van der Waals surface area contributed by atoms with Crippen LogP contribution in [0, 0.1) is 11.3 Å². The lowest BCUT2D eigenvalue weighted by Gasteiger charge is -2.11. The van der Waals surface area contributed by atoms with Crippen LogP contribution in [0.2, 0.25) is 0 Å². The molecule has 0 unspecified atom stereocenters. The highest BCUT2D eigenvalue weighted by atomic mass is 15.5. The van der Waals surface area contributed by atoms with Gasteiger partial charge in [0.25, 0.3) is 0 Å². The number of nitriles is 1. The number of nitrogens with one attached hydrogen (secondary N) is 1. The van der Waals surface area contributed by atoms with Gasteiger partial charge in [-0.1, -0.05) is 6.07 Å². The lowest BCUT2D eigenvalue weighted by molar-refractivity contribution is 0.492. The molecule has 0 amide bonds. The summed E-state index contributed by atoms with van der Waals surface area (Å²) in [5, 5.41) is 10.3. The van der Waals surface area contributed by atoms with E-state index in [-0.39, 0.29) is 0 Å². The minimum absolute atomic E-state index is 0.418. The number of pyridine rings is 1. The fraction of sp³-hybridized carbons (Fsp3) is 0.250. The zero-order chi connectivity index (χ0) is 8.97. The minimum atomic E-state index is 0.418. The summed E-state index contributed by atoms with van der Waals surface area (Å²) < 4.78 is 0. The highest BCUT2D eigenvalue weighted by molar-refractivity contribution is 5.37. The van der Waals surface area contributed by atoms with Crippen molar-refractivity contribution in [3.05, 3.63) is 23.9 Å². The average Bonchev–Trinajstić information content (AvgIpc) is 2.03. The lowest BCUT2D eigenvalue weighted by Crippen LogP contribution is -2.20. The second-order valence-corrected chi connectivity index (χ2v) is 2.53. The molecule has 4 nitrogen and oxygen atoms in total. The second-order valence-electron chi connectivity index (χ2n) is 2.53. The summed E-state index contributed by atoms with van der Waals surface area (Å²) in [5.41, 5.74) is 3.37. The van der Waals surface area contributed by atoms with Gasteiger partial charge in [-0.15, -0.1) is 0 Å². The lowest BCUT2D eigenvalue weighted by atomic mass is 10.4. The summed E-state index contributed by atoms with van der Waals surface area (Å²) in [4.78, 5) is 4.02. The number of hydrogen-bond acceptors (Lipinski definition) is 4. The van der Waals surface area contributed by atoms with Gasteiger partial charge in [-0.05, 0) is 12.1 Å². The SMILES string of the molecule is CN(C)Nc1cccc(C#N)n1. The topological polar surface area (TPSA) is 52.0 Å². The van der Waals surface area contributed by atoms with Crippen LogP contribution in [-0.2, 0) is 0 Å². The number of hydrazine groups is 1. The van der Waals surface area contributed by atoms with E-state index in [4.69, 9.17) is 5.26 Å². The molecule has 0 bridgehead atoms. The first-order valence-electron chi connectivity index (χ1n) is 3.53. The van der Waals surface area contributed by atoms with E-state index in [9.17, 15) is 0 Å². The van der Waals surface area contributed by atoms with Gasteiger partial charge in [0.05, 0.1) is 0 Å². The third kappa shape index (κ3) is 2.22. The average molecular weight is 162 g/mol. The quantitative estimate of drug-likeness (QED) is 0.655. The monoisotopic (exact) mass is 162 g/mol. The number of nitrogens with zero attached hydrogens (tertiary/aromatic N) is 3. The van der Waals surface area contributed by atoms with Crippen molar-refractivity contribution in [1.29, 1.82) is 5.26 Å². The van der Waals surface area contributed by atoms with Crippen molar-refractivity contribution in [2.75, 3.05) is 19.5 Å². The molecule has 1 rings (SSSR count). The van der Waals surface area contributed by atoms with Gasteiger partial charge in [-0.2, -0.15) is 5.26 Å². The molecule has 0 aliphatic rings. The Kier molecular flexibility index (Phi) is 2.62. The summed E-state index contributed by atoms with van der Waals surface area (Å²) in [5.74, 6) is 0.680. The van der Waals surface area contributed by atoms with Gasteiger partial charge < -0.3 is 5.43 Å². The highest BCUT2D eigenvalue weighted by Gasteiger charge is 1.95. The molecule has 1 heterocycles. The Morgan fingerprint density at radius 2 is 2.25 bits per heavy atom. The van der Waals surface area contributed by atoms with E-state index in [0.29, 0.717) is 11.5 Å². The van der Waals surface area contributed by atoms with E-state index >= 15 is 0 Å². The first-order chi connectivity index (χ1) is 5.72. The molecule has 1 N–H and O–H groups in total. The third-order valence-corrected chi connectivity index (χ3v) is 1.20. The van der Waals surface area contributed by atoms with Crippen LogP contribution in [0.1, 0.15) is 5.69 Å². The van der Waals surface area contributed by atoms with Crippen molar-refractivity contribution in [3.63, 3.8) is 0 Å². The van der Waals surface area contributed by atoms with Crippen molar-refractivity contribution in [3.8, 4) is 6.07 Å². The largest absolute Gasteiger partial charge is 0.304 e. The van der Waals surface area contributed by atoms with Gasteiger partial charge in [-0.25, -0.2) is 9.99 Å². The van der Waals surface area contributed by atoms with Crippen molar-refractivity contribution in [2.45, 2.75) is 0 Å². The molecule has 1 aromatic heterocycles. The van der Waals surface area contributed by atoms with Crippen LogP contribution < -0.4 is 5.43 Å². The Labute approximate surface area is 71.4 Å². The molecule has 0 saturated heterocycles. The fourth-order valence-corrected chi connectivity index (χ4v) is 0.788. The zero-order valence-electron chi connectivity index (χ0n) is 7.07. The molecular weight excluding hydrogens is 152 g/mol. The van der Waals surface area contributed by atoms with E-state index in [1.54, 1.807) is 23.2 Å². The summed E-state index contributed by atoms with van der Waals surface area (Å²) in [6, 6.07) is 7.23. The first kappa shape index (κ1) is 8.50. The number of rotatable bonds is 2. The first-order valence-corrected chi connectivity index (χ1v) is 3.53. The number of hydrogen-bond donors (Lipinski definition) is 1. The molecule has 0 aliphatic heterocycles. The smallest absolute Gasteiger partial charge is 0.142 e. The molecule has 4 heteroatoms. The number of anilines is 1. The second kappa shape index (κ2) is 3.69. The van der Waals surface area contributed by atoms with Crippen LogP contribution in [0.15, 0.2) is 18.2 Å². The molecule has 12 heavy (non-hydrogen) atoms. The predicted octanol–water partition coefficient (Wildman–Crippen LogP) is 0.842. The van der Waals surface area contributed by atoms with E-state index < -0.39 is 0 Å². The Hall–Kier alpha value is -1.60. The fourth-order valence-electron chi connectivity index (χ4n) is 0.788. The van der Waals surface area contributed by atoms with Crippen molar-refractivity contribution in [1.82, 2.24) is 9.99 Å². The Morgan fingerprint density at radius 1 is 1.50 bits per heavy atom. The molecule has 62 valence electrons. The molecule has 0 aliphatic carbocycles. The van der Waals surface area contributed by atoms with Crippen LogP contribution in [0.25, 0.3) is 0 Å². The van der Waals surface area contributed by atoms with Crippen LogP contribution >= 0.6 is 0 Å². The van der Waals surface area contributed by atoms with E-state index in [1.807, 2.05) is 20.2 Å². The standard InChI is InChI=1S/C8H10N4/c1-12(2)11-8-5-3-4-7(6-9)10-8/h3-5H,1-2H3,(H,10,11). The molecule has 0 atom stereocenters. The molecule has 0 spiro atoms. The van der Waals surface area contributed by atoms with Crippen molar-refractivity contribution in [2.24, 2.45) is 0 Å². The molecule has 1 aromatic rings. The molecule has 0 saturated carbocycles. The van der Waals surface area contributed by atoms with Gasteiger partial charge in [0.1, 0.15) is 17.6 Å². The van der Waals surface area contributed by atoms with E-state index in [0.717, 1.165) is 0 Å². The van der Waals surface area contributed by atoms with E-state index in [2.05, 4.69) is 10.4 Å². The van der Waals surface area contributed by atoms with Crippen LogP contribution in [0.4, 0.5) is 5.82 Å². The highest BCUT2D eigenvalue weighted by Crippen LogP contribution is 2.03. The molecule has 0 aromatic carbocycles. The predicted molar refractivity (Wildman–Crippen MR) is 46.3 cm³/mol. The maximum Gasteiger partial charge on any atom is 0.142 e. The van der Waals surface area contributed by atoms with E-state index in [1.165, 1.54) is 0 Å².